The second-order valence-corrected chi connectivity index (χ2v) is 8.05. The lowest BCUT2D eigenvalue weighted by Crippen LogP contribution is -2.11. The molecule has 0 unspecified atom stereocenters. The van der Waals surface area contributed by atoms with Crippen molar-refractivity contribution < 1.29 is 4.74 Å². The minimum atomic E-state index is 0.459. The van der Waals surface area contributed by atoms with Crippen LogP contribution in [0.3, 0.4) is 0 Å². The van der Waals surface area contributed by atoms with Gasteiger partial charge in [-0.2, -0.15) is 0 Å². The summed E-state index contributed by atoms with van der Waals surface area (Å²) in [6.45, 7) is 1.51. The highest BCUT2D eigenvalue weighted by Crippen LogP contribution is 2.33. The third-order valence-corrected chi connectivity index (χ3v) is 5.61. The highest BCUT2D eigenvalue weighted by molar-refractivity contribution is 7.98. The average Bonchev–Trinajstić information content (AvgIpc) is 3.08. The fourth-order valence-electron chi connectivity index (χ4n) is 3.69. The molecule has 0 fully saturated rings. The van der Waals surface area contributed by atoms with E-state index >= 15 is 0 Å². The predicted molar refractivity (Wildman–Crippen MR) is 121 cm³/mol. The fraction of sp³-hybridized carbons (Fsp3) is 0.273. The van der Waals surface area contributed by atoms with Gasteiger partial charge in [0.05, 0.1) is 24.7 Å². The number of fused-ring (bicyclic) bond motifs is 3. The van der Waals surface area contributed by atoms with Crippen molar-refractivity contribution in [3.05, 3.63) is 53.6 Å². The number of rotatable bonds is 6. The fourth-order valence-corrected chi connectivity index (χ4v) is 4.25. The Kier molecular flexibility index (Phi) is 5.34. The molecule has 2 heterocycles. The standard InChI is InChI=1S/C22H25N5OS/c1-26(2)12-14-9-10-15(18(11-14)28-3)13-27-20-16-7-5-6-8-17(16)24-21(23)19(20)25-22(27)29-4/h5-11H,12-13H2,1-4H3,(H2,23,24). The summed E-state index contributed by atoms with van der Waals surface area (Å²) < 4.78 is 7.93. The van der Waals surface area contributed by atoms with E-state index in [1.807, 2.05) is 24.5 Å². The van der Waals surface area contributed by atoms with Gasteiger partial charge in [0.25, 0.3) is 0 Å². The zero-order valence-corrected chi connectivity index (χ0v) is 18.0. The number of anilines is 1. The van der Waals surface area contributed by atoms with Crippen LogP contribution in [0.2, 0.25) is 0 Å². The number of thioether (sulfide) groups is 1. The molecule has 6 nitrogen and oxygen atoms in total. The molecule has 0 atom stereocenters. The predicted octanol–water partition coefficient (Wildman–Crippen LogP) is 4.01. The van der Waals surface area contributed by atoms with E-state index < -0.39 is 0 Å². The smallest absolute Gasteiger partial charge is 0.169 e. The normalized spacial score (nSPS) is 11.6. The van der Waals surface area contributed by atoms with Gasteiger partial charge in [0, 0.05) is 17.5 Å². The summed E-state index contributed by atoms with van der Waals surface area (Å²) in [6.07, 6.45) is 2.03. The van der Waals surface area contributed by atoms with Crippen LogP contribution in [-0.2, 0) is 13.1 Å². The van der Waals surface area contributed by atoms with Crippen LogP contribution in [0, 0.1) is 0 Å². The maximum atomic E-state index is 6.25. The molecule has 7 heteroatoms. The van der Waals surface area contributed by atoms with E-state index in [9.17, 15) is 0 Å². The minimum absolute atomic E-state index is 0.459. The number of methoxy groups -OCH3 is 1. The molecule has 2 aromatic heterocycles. The molecule has 4 aromatic rings. The summed E-state index contributed by atoms with van der Waals surface area (Å²) in [5.74, 6) is 1.34. The first-order valence-electron chi connectivity index (χ1n) is 9.40. The van der Waals surface area contributed by atoms with Crippen LogP contribution < -0.4 is 10.5 Å². The van der Waals surface area contributed by atoms with Crippen LogP contribution in [0.1, 0.15) is 11.1 Å². The average molecular weight is 408 g/mol. The molecule has 0 spiro atoms. The van der Waals surface area contributed by atoms with E-state index in [1.165, 1.54) is 5.56 Å². The highest BCUT2D eigenvalue weighted by atomic mass is 32.2. The topological polar surface area (TPSA) is 69.2 Å². The van der Waals surface area contributed by atoms with E-state index in [1.54, 1.807) is 18.9 Å². The molecule has 4 rings (SSSR count). The van der Waals surface area contributed by atoms with Gasteiger partial charge in [-0.25, -0.2) is 9.97 Å². The van der Waals surface area contributed by atoms with Crippen molar-refractivity contribution in [1.82, 2.24) is 19.4 Å². The summed E-state index contributed by atoms with van der Waals surface area (Å²) in [5, 5.41) is 1.96. The van der Waals surface area contributed by atoms with Gasteiger partial charge in [-0.05, 0) is 38.0 Å². The lowest BCUT2D eigenvalue weighted by molar-refractivity contribution is 0.392. The zero-order chi connectivity index (χ0) is 20.5. The monoisotopic (exact) mass is 407 g/mol. The van der Waals surface area contributed by atoms with Gasteiger partial charge in [-0.15, -0.1) is 0 Å². The molecule has 2 N–H and O–H groups in total. The summed E-state index contributed by atoms with van der Waals surface area (Å²) in [7, 11) is 5.84. The van der Waals surface area contributed by atoms with Crippen molar-refractivity contribution in [1.29, 1.82) is 0 Å². The molecule has 29 heavy (non-hydrogen) atoms. The highest BCUT2D eigenvalue weighted by Gasteiger charge is 2.18. The number of benzene rings is 2. The van der Waals surface area contributed by atoms with Crippen molar-refractivity contribution in [3.63, 3.8) is 0 Å². The van der Waals surface area contributed by atoms with Gasteiger partial charge < -0.3 is 19.9 Å². The number of ether oxygens (including phenoxy) is 1. The number of para-hydroxylation sites is 1. The van der Waals surface area contributed by atoms with Gasteiger partial charge in [-0.1, -0.05) is 42.1 Å². The molecule has 0 saturated carbocycles. The lowest BCUT2D eigenvalue weighted by Gasteiger charge is -2.15. The Morgan fingerprint density at radius 2 is 1.93 bits per heavy atom. The van der Waals surface area contributed by atoms with Gasteiger partial charge in [0.2, 0.25) is 0 Å². The Morgan fingerprint density at radius 3 is 2.66 bits per heavy atom. The summed E-state index contributed by atoms with van der Waals surface area (Å²) in [5.41, 5.74) is 11.2. The number of nitrogens with two attached hydrogens (primary N) is 1. The van der Waals surface area contributed by atoms with E-state index in [4.69, 9.17) is 15.5 Å². The maximum Gasteiger partial charge on any atom is 0.169 e. The second-order valence-electron chi connectivity index (χ2n) is 7.28. The van der Waals surface area contributed by atoms with E-state index in [0.29, 0.717) is 12.4 Å². The number of hydrogen-bond acceptors (Lipinski definition) is 6. The Bertz CT molecular complexity index is 1180. The third kappa shape index (κ3) is 3.63. The lowest BCUT2D eigenvalue weighted by atomic mass is 10.1. The largest absolute Gasteiger partial charge is 0.496 e. The number of hydrogen-bond donors (Lipinski definition) is 1. The van der Waals surface area contributed by atoms with E-state index in [2.05, 4.69) is 52.8 Å². The van der Waals surface area contributed by atoms with Crippen LogP contribution in [0.5, 0.6) is 5.75 Å². The zero-order valence-electron chi connectivity index (χ0n) is 17.1. The number of imidazole rings is 1. The SMILES string of the molecule is COc1cc(CN(C)C)ccc1Cn1c(SC)nc2c(N)nc3ccccc3c21. The van der Waals surface area contributed by atoms with Gasteiger partial charge in [0.15, 0.2) is 11.0 Å². The molecule has 0 saturated heterocycles. The molecule has 0 amide bonds. The molecular weight excluding hydrogens is 382 g/mol. The van der Waals surface area contributed by atoms with E-state index in [0.717, 1.165) is 45.0 Å². The first kappa shape index (κ1) is 19.5. The Balaban J connectivity index is 1.88. The first-order chi connectivity index (χ1) is 14.0. The first-order valence-corrected chi connectivity index (χ1v) is 10.6. The quantitative estimate of drug-likeness (QED) is 0.487. The Morgan fingerprint density at radius 1 is 1.14 bits per heavy atom. The van der Waals surface area contributed by atoms with Gasteiger partial charge in [-0.3, -0.25) is 0 Å². The number of aromatic nitrogens is 3. The van der Waals surface area contributed by atoms with Crippen LogP contribution >= 0.6 is 11.8 Å². The Hall–Kier alpha value is -2.77. The number of pyridine rings is 1. The van der Waals surface area contributed by atoms with Crippen LogP contribution in [-0.4, -0.2) is 46.9 Å². The van der Waals surface area contributed by atoms with Crippen LogP contribution in [0.25, 0.3) is 21.9 Å². The van der Waals surface area contributed by atoms with E-state index in [-0.39, 0.29) is 0 Å². The third-order valence-electron chi connectivity index (χ3n) is 4.94. The van der Waals surface area contributed by atoms with Crippen LogP contribution in [0.15, 0.2) is 47.6 Å². The molecule has 0 radical (unpaired) electrons. The van der Waals surface area contributed by atoms with Crippen LogP contribution in [0.4, 0.5) is 5.82 Å². The molecule has 0 aliphatic heterocycles. The maximum absolute atomic E-state index is 6.25. The summed E-state index contributed by atoms with van der Waals surface area (Å²) >= 11 is 1.60. The summed E-state index contributed by atoms with van der Waals surface area (Å²) in [6, 6.07) is 14.5. The van der Waals surface area contributed by atoms with Gasteiger partial charge >= 0.3 is 0 Å². The van der Waals surface area contributed by atoms with Crippen molar-refractivity contribution in [2.24, 2.45) is 0 Å². The van der Waals surface area contributed by atoms with Crippen molar-refractivity contribution in [2.45, 2.75) is 18.2 Å². The number of nitrogens with zero attached hydrogens (tertiary/aromatic N) is 4. The molecule has 150 valence electrons. The van der Waals surface area contributed by atoms with Gasteiger partial charge in [0.1, 0.15) is 11.3 Å². The summed E-state index contributed by atoms with van der Waals surface area (Å²) in [4.78, 5) is 11.5. The molecule has 2 aromatic carbocycles. The molecule has 0 bridgehead atoms. The molecular formula is C22H25N5OS. The number of nitrogen functional groups attached to an aromatic ring is 1. The van der Waals surface area contributed by atoms with Crippen molar-refractivity contribution >= 4 is 39.5 Å². The minimum Gasteiger partial charge on any atom is -0.496 e. The molecule has 0 aliphatic rings. The Labute approximate surface area is 174 Å². The second kappa shape index (κ2) is 7.93. The van der Waals surface area contributed by atoms with Crippen molar-refractivity contribution in [3.8, 4) is 5.75 Å². The van der Waals surface area contributed by atoms with Crippen molar-refractivity contribution in [2.75, 3.05) is 33.2 Å². The molecule has 0 aliphatic carbocycles.